The number of benzene rings is 2. The van der Waals surface area contributed by atoms with Gasteiger partial charge in [-0.2, -0.15) is 0 Å². The fraction of sp³-hybridized carbons (Fsp3) is 0.429. The first-order chi connectivity index (χ1) is 28.5. The third-order valence-electron chi connectivity index (χ3n) is 10.8. The maximum Gasteiger partial charge on any atom is 0.255 e. The Kier molecular flexibility index (Phi) is 13.3. The van der Waals surface area contributed by atoms with Crippen LogP contribution >= 0.6 is 22.9 Å². The standard InChI is InChI=1S/C42H48ClN9O6S/c1-24-25(2)59-42-37(24)38(27-11-13-28(43)14-12-27)47-32(39-50-49-26(3)52(39)42)22-36(55)45-19-21-58-20-18-44-17-6-4-5-10-34(53)46-31-9-7-8-29-30(31)23-51(41(29)57)33-15-16-35(54)48-40(33)56/h7-9,11-14,32-33,44H,4-6,10,15-23H2,1-3H3,(H,45,55)(H,46,53)(H,48,54,56)/t32-,33?/m0/s1. The summed E-state index contributed by atoms with van der Waals surface area (Å²) in [5.41, 5.74) is 5.57. The Labute approximate surface area is 351 Å². The van der Waals surface area contributed by atoms with Gasteiger partial charge in [-0.05, 0) is 76.4 Å². The normalized spacial score (nSPS) is 17.2. The molecule has 4 N–H and O–H groups in total. The van der Waals surface area contributed by atoms with E-state index in [2.05, 4.69) is 45.3 Å². The zero-order chi connectivity index (χ0) is 41.6. The highest BCUT2D eigenvalue weighted by Crippen LogP contribution is 2.40. The first kappa shape index (κ1) is 41.9. The van der Waals surface area contributed by atoms with Gasteiger partial charge in [0.25, 0.3) is 5.91 Å². The zero-order valence-corrected chi connectivity index (χ0v) is 34.9. The van der Waals surface area contributed by atoms with E-state index in [4.69, 9.17) is 21.3 Å². The summed E-state index contributed by atoms with van der Waals surface area (Å²) in [7, 11) is 0. The van der Waals surface area contributed by atoms with E-state index in [0.29, 0.717) is 66.8 Å². The molecule has 15 nitrogen and oxygen atoms in total. The maximum absolute atomic E-state index is 13.2. The van der Waals surface area contributed by atoms with Crippen LogP contribution in [0.25, 0.3) is 5.00 Å². The van der Waals surface area contributed by atoms with Crippen molar-refractivity contribution in [2.75, 3.05) is 38.2 Å². The van der Waals surface area contributed by atoms with Gasteiger partial charge in [-0.25, -0.2) is 0 Å². The number of nitrogens with one attached hydrogen (secondary N) is 4. The van der Waals surface area contributed by atoms with Gasteiger partial charge in [0.2, 0.25) is 23.6 Å². The summed E-state index contributed by atoms with van der Waals surface area (Å²) in [6, 6.07) is 11.5. The van der Waals surface area contributed by atoms with Crippen LogP contribution < -0.4 is 21.3 Å². The summed E-state index contributed by atoms with van der Waals surface area (Å²) >= 11 is 7.89. The monoisotopic (exact) mass is 841 g/mol. The second-order valence-electron chi connectivity index (χ2n) is 14.9. The molecule has 0 aliphatic carbocycles. The number of ether oxygens (including phenoxy) is 1. The van der Waals surface area contributed by atoms with E-state index in [1.165, 1.54) is 9.78 Å². The molecule has 3 aliphatic rings. The Morgan fingerprint density at radius 1 is 0.966 bits per heavy atom. The van der Waals surface area contributed by atoms with Gasteiger partial charge in [0, 0.05) is 70.3 Å². The van der Waals surface area contributed by atoms with E-state index >= 15 is 0 Å². The summed E-state index contributed by atoms with van der Waals surface area (Å²) in [5.74, 6) is -0.00607. The zero-order valence-electron chi connectivity index (χ0n) is 33.4. The molecule has 5 amide bonds. The molecule has 1 saturated heterocycles. The fourth-order valence-corrected chi connectivity index (χ4v) is 8.98. The molecule has 0 radical (unpaired) electrons. The molecule has 59 heavy (non-hydrogen) atoms. The van der Waals surface area contributed by atoms with E-state index in [9.17, 15) is 24.0 Å². The SMILES string of the molecule is Cc1sc2c(c1C)C(c1ccc(Cl)cc1)=N[C@@H](CC(=O)NCCOCCNCCCCCC(=O)Nc1cccc3c1CN(C1CCC(=O)NC1=O)C3=O)c1nnc(C)n1-2. The smallest absolute Gasteiger partial charge is 0.255 e. The van der Waals surface area contributed by atoms with Crippen LogP contribution in [0.5, 0.6) is 0 Å². The minimum atomic E-state index is -0.709. The molecule has 4 aromatic rings. The van der Waals surface area contributed by atoms with Gasteiger partial charge in [-0.3, -0.25) is 38.8 Å². The molecule has 0 bridgehead atoms. The number of rotatable bonds is 17. The minimum Gasteiger partial charge on any atom is -0.378 e. The van der Waals surface area contributed by atoms with E-state index in [1.54, 1.807) is 29.5 Å². The molecule has 310 valence electrons. The molecule has 2 aromatic heterocycles. The van der Waals surface area contributed by atoms with Crippen LogP contribution in [0.3, 0.4) is 0 Å². The van der Waals surface area contributed by atoms with Gasteiger partial charge in [0.1, 0.15) is 22.9 Å². The second-order valence-corrected chi connectivity index (χ2v) is 16.6. The largest absolute Gasteiger partial charge is 0.378 e. The number of aryl methyl sites for hydroxylation is 2. The van der Waals surface area contributed by atoms with E-state index < -0.39 is 18.0 Å². The summed E-state index contributed by atoms with van der Waals surface area (Å²) < 4.78 is 7.78. The molecule has 3 aliphatic heterocycles. The van der Waals surface area contributed by atoms with Crippen molar-refractivity contribution >= 4 is 63.9 Å². The molecule has 0 saturated carbocycles. The number of amides is 5. The summed E-state index contributed by atoms with van der Waals surface area (Å²) in [6.07, 6.45) is 3.37. The highest BCUT2D eigenvalue weighted by molar-refractivity contribution is 7.15. The van der Waals surface area contributed by atoms with Crippen molar-refractivity contribution in [1.82, 2.24) is 35.6 Å². The molecule has 17 heteroatoms. The number of imide groups is 1. The maximum atomic E-state index is 13.2. The lowest BCUT2D eigenvalue weighted by molar-refractivity contribution is -0.137. The van der Waals surface area contributed by atoms with Gasteiger partial charge < -0.3 is 25.6 Å². The quantitative estimate of drug-likeness (QED) is 0.0850. The first-order valence-corrected chi connectivity index (χ1v) is 21.2. The number of hydrogen-bond donors (Lipinski definition) is 4. The van der Waals surface area contributed by atoms with Crippen LogP contribution in [-0.4, -0.2) is 93.8 Å². The average Bonchev–Trinajstić information content (AvgIpc) is 3.82. The van der Waals surface area contributed by atoms with Gasteiger partial charge in [0.05, 0.1) is 25.3 Å². The molecule has 5 heterocycles. The average molecular weight is 842 g/mol. The van der Waals surface area contributed by atoms with Crippen molar-refractivity contribution < 1.29 is 28.7 Å². The number of carbonyl (C=O) groups excluding carboxylic acids is 5. The molecule has 1 fully saturated rings. The predicted octanol–water partition coefficient (Wildman–Crippen LogP) is 4.87. The lowest BCUT2D eigenvalue weighted by Crippen LogP contribution is -2.52. The third-order valence-corrected chi connectivity index (χ3v) is 12.3. The van der Waals surface area contributed by atoms with Crippen LogP contribution in [0.2, 0.25) is 5.02 Å². The fourth-order valence-electron chi connectivity index (χ4n) is 7.64. The van der Waals surface area contributed by atoms with Crippen molar-refractivity contribution in [2.45, 2.75) is 84.3 Å². The Balaban J connectivity index is 0.785. The van der Waals surface area contributed by atoms with E-state index in [-0.39, 0.29) is 49.4 Å². The number of aliphatic imine (C=N–C) groups is 1. The molecular weight excluding hydrogens is 794 g/mol. The van der Waals surface area contributed by atoms with Crippen LogP contribution in [0, 0.1) is 20.8 Å². The number of halogens is 1. The first-order valence-electron chi connectivity index (χ1n) is 20.0. The number of hydrogen-bond acceptors (Lipinski definition) is 11. The van der Waals surface area contributed by atoms with Crippen molar-refractivity contribution in [3.63, 3.8) is 0 Å². The number of unbranched alkanes of at least 4 members (excludes halogenated alkanes) is 2. The van der Waals surface area contributed by atoms with Crippen LogP contribution in [0.1, 0.15) is 100 Å². The number of thiophene rings is 1. The molecule has 2 aromatic carbocycles. The van der Waals surface area contributed by atoms with Crippen LogP contribution in [-0.2, 0) is 30.5 Å². The van der Waals surface area contributed by atoms with Crippen molar-refractivity contribution in [3.05, 3.63) is 91.8 Å². The number of aromatic nitrogens is 3. The van der Waals surface area contributed by atoms with E-state index in [1.807, 2.05) is 35.8 Å². The summed E-state index contributed by atoms with van der Waals surface area (Å²) in [5, 5.41) is 22.0. The molecule has 7 rings (SSSR count). The van der Waals surface area contributed by atoms with Gasteiger partial charge in [-0.15, -0.1) is 21.5 Å². The third kappa shape index (κ3) is 9.46. The molecular formula is C42H48ClN9O6S. The van der Waals surface area contributed by atoms with Crippen molar-refractivity contribution in [2.24, 2.45) is 4.99 Å². The Morgan fingerprint density at radius 2 is 1.76 bits per heavy atom. The number of nitrogens with zero attached hydrogens (tertiary/aromatic N) is 5. The lowest BCUT2D eigenvalue weighted by atomic mass is 9.99. The number of piperidine rings is 1. The highest BCUT2D eigenvalue weighted by atomic mass is 35.5. The topological polar surface area (TPSA) is 189 Å². The number of carbonyl (C=O) groups is 5. The second kappa shape index (κ2) is 18.7. The molecule has 2 atom stereocenters. The highest BCUT2D eigenvalue weighted by Gasteiger charge is 2.40. The Bertz CT molecular complexity index is 2290. The minimum absolute atomic E-state index is 0.103. The predicted molar refractivity (Wildman–Crippen MR) is 224 cm³/mol. The van der Waals surface area contributed by atoms with Gasteiger partial charge >= 0.3 is 0 Å². The summed E-state index contributed by atoms with van der Waals surface area (Å²) in [6.45, 7) is 8.95. The van der Waals surface area contributed by atoms with Gasteiger partial charge in [0.15, 0.2) is 5.82 Å². The van der Waals surface area contributed by atoms with Crippen LogP contribution in [0.15, 0.2) is 47.5 Å². The summed E-state index contributed by atoms with van der Waals surface area (Å²) in [4.78, 5) is 70.8. The van der Waals surface area contributed by atoms with Crippen molar-refractivity contribution in [1.29, 1.82) is 0 Å². The van der Waals surface area contributed by atoms with Crippen LogP contribution in [0.4, 0.5) is 5.69 Å². The Morgan fingerprint density at radius 3 is 2.56 bits per heavy atom. The lowest BCUT2D eigenvalue weighted by Gasteiger charge is -2.29. The van der Waals surface area contributed by atoms with E-state index in [0.717, 1.165) is 52.6 Å². The Hall–Kier alpha value is -5.29. The number of anilines is 1. The van der Waals surface area contributed by atoms with Gasteiger partial charge in [-0.1, -0.05) is 36.2 Å². The number of fused-ring (bicyclic) bond motifs is 4. The molecule has 1 unspecified atom stereocenters. The molecule has 0 spiro atoms. The van der Waals surface area contributed by atoms with Crippen molar-refractivity contribution in [3.8, 4) is 5.00 Å².